The predicted molar refractivity (Wildman–Crippen MR) is 119 cm³/mol. The number of benzene rings is 2. The van der Waals surface area contributed by atoms with Gasteiger partial charge in [0.15, 0.2) is 0 Å². The summed E-state index contributed by atoms with van der Waals surface area (Å²) in [6.07, 6.45) is 3.08. The first kappa shape index (κ1) is 21.7. The Kier molecular flexibility index (Phi) is 7.57. The number of nitrogens with one attached hydrogen (secondary N) is 1. The third-order valence-electron chi connectivity index (χ3n) is 5.66. The number of carbonyl (C=O) groups excluding carboxylic acids is 1. The van der Waals surface area contributed by atoms with E-state index >= 15 is 0 Å². The number of halogens is 1. The van der Waals surface area contributed by atoms with E-state index in [1.165, 1.54) is 5.56 Å². The van der Waals surface area contributed by atoms with E-state index in [4.69, 9.17) is 11.6 Å². The summed E-state index contributed by atoms with van der Waals surface area (Å²) in [7, 11) is 0. The number of rotatable bonds is 7. The van der Waals surface area contributed by atoms with E-state index < -0.39 is 0 Å². The lowest BCUT2D eigenvalue weighted by Gasteiger charge is -2.32. The standard InChI is InChI=1S/C24H31ClN2O2/c1-17(2)8-11-26-24(29)22-15-21(25)14-20(23(22)28)16-27-12-9-19(10-13-27)18-6-4-3-5-7-18/h3-7,14-15,17,19,28H,8-13,16H2,1-2H3,(H,26,29). The highest BCUT2D eigenvalue weighted by atomic mass is 35.5. The molecule has 29 heavy (non-hydrogen) atoms. The molecule has 0 atom stereocenters. The fraction of sp³-hybridized carbons (Fsp3) is 0.458. The van der Waals surface area contributed by atoms with Gasteiger partial charge in [0.1, 0.15) is 5.75 Å². The number of piperidine rings is 1. The average Bonchev–Trinajstić information content (AvgIpc) is 2.71. The van der Waals surface area contributed by atoms with Crippen molar-refractivity contribution in [2.75, 3.05) is 19.6 Å². The van der Waals surface area contributed by atoms with Crippen LogP contribution in [0.2, 0.25) is 5.02 Å². The minimum atomic E-state index is -0.269. The molecule has 0 saturated carbocycles. The van der Waals surface area contributed by atoms with Crippen molar-refractivity contribution in [1.82, 2.24) is 10.2 Å². The molecule has 1 saturated heterocycles. The maximum absolute atomic E-state index is 12.5. The highest BCUT2D eigenvalue weighted by Crippen LogP contribution is 2.32. The van der Waals surface area contributed by atoms with Crippen LogP contribution < -0.4 is 5.32 Å². The Labute approximate surface area is 178 Å². The van der Waals surface area contributed by atoms with Gasteiger partial charge in [-0.3, -0.25) is 9.69 Å². The third-order valence-corrected chi connectivity index (χ3v) is 5.88. The number of nitrogens with zero attached hydrogens (tertiary/aromatic N) is 1. The Morgan fingerprint density at radius 3 is 2.55 bits per heavy atom. The van der Waals surface area contributed by atoms with Gasteiger partial charge in [0, 0.05) is 23.7 Å². The molecule has 1 amide bonds. The van der Waals surface area contributed by atoms with Crippen molar-refractivity contribution in [3.63, 3.8) is 0 Å². The maximum Gasteiger partial charge on any atom is 0.255 e. The Bertz CT molecular complexity index is 815. The second-order valence-corrected chi connectivity index (χ2v) is 8.80. The van der Waals surface area contributed by atoms with E-state index in [1.54, 1.807) is 12.1 Å². The molecule has 0 aromatic heterocycles. The fourth-order valence-electron chi connectivity index (χ4n) is 3.91. The van der Waals surface area contributed by atoms with Gasteiger partial charge in [-0.25, -0.2) is 0 Å². The molecule has 156 valence electrons. The number of carbonyl (C=O) groups is 1. The van der Waals surface area contributed by atoms with E-state index in [-0.39, 0.29) is 17.2 Å². The van der Waals surface area contributed by atoms with Gasteiger partial charge in [0.2, 0.25) is 0 Å². The normalized spacial score (nSPS) is 15.6. The Morgan fingerprint density at radius 1 is 1.21 bits per heavy atom. The predicted octanol–water partition coefficient (Wildman–Crippen LogP) is 5.20. The molecule has 3 rings (SSSR count). The second kappa shape index (κ2) is 10.1. The highest BCUT2D eigenvalue weighted by molar-refractivity contribution is 6.31. The van der Waals surface area contributed by atoms with Gasteiger partial charge in [0.05, 0.1) is 5.56 Å². The quantitative estimate of drug-likeness (QED) is 0.654. The number of aromatic hydroxyl groups is 1. The highest BCUT2D eigenvalue weighted by Gasteiger charge is 2.23. The zero-order valence-corrected chi connectivity index (χ0v) is 18.1. The van der Waals surface area contributed by atoms with Crippen LogP contribution in [0.4, 0.5) is 0 Å². The largest absolute Gasteiger partial charge is 0.507 e. The van der Waals surface area contributed by atoms with Gasteiger partial charge < -0.3 is 10.4 Å². The van der Waals surface area contributed by atoms with Crippen LogP contribution in [0.25, 0.3) is 0 Å². The van der Waals surface area contributed by atoms with Crippen molar-refractivity contribution in [3.05, 3.63) is 64.2 Å². The van der Waals surface area contributed by atoms with Crippen molar-refractivity contribution in [2.45, 2.75) is 45.6 Å². The second-order valence-electron chi connectivity index (χ2n) is 8.36. The molecule has 1 aliphatic heterocycles. The minimum Gasteiger partial charge on any atom is -0.507 e. The Balaban J connectivity index is 1.62. The molecule has 1 heterocycles. The SMILES string of the molecule is CC(C)CCNC(=O)c1cc(Cl)cc(CN2CCC(c3ccccc3)CC2)c1O. The van der Waals surface area contributed by atoms with Crippen molar-refractivity contribution in [1.29, 1.82) is 0 Å². The van der Waals surface area contributed by atoms with Crippen LogP contribution in [-0.2, 0) is 6.54 Å². The van der Waals surface area contributed by atoms with E-state index in [0.717, 1.165) is 32.4 Å². The molecule has 1 fully saturated rings. The summed E-state index contributed by atoms with van der Waals surface area (Å²) in [4.78, 5) is 14.8. The third kappa shape index (κ3) is 5.97. The van der Waals surface area contributed by atoms with Crippen molar-refractivity contribution in [3.8, 4) is 5.75 Å². The van der Waals surface area contributed by atoms with E-state index in [1.807, 2.05) is 0 Å². The topological polar surface area (TPSA) is 52.6 Å². The molecule has 0 unspecified atom stereocenters. The van der Waals surface area contributed by atoms with Crippen LogP contribution in [0.3, 0.4) is 0 Å². The van der Waals surface area contributed by atoms with Gasteiger partial charge in [-0.1, -0.05) is 55.8 Å². The van der Waals surface area contributed by atoms with Crippen molar-refractivity contribution in [2.24, 2.45) is 5.92 Å². The molecule has 5 heteroatoms. The van der Waals surface area contributed by atoms with Gasteiger partial charge >= 0.3 is 0 Å². The van der Waals surface area contributed by atoms with Gasteiger partial charge in [-0.15, -0.1) is 0 Å². The number of hydrogen-bond acceptors (Lipinski definition) is 3. The summed E-state index contributed by atoms with van der Waals surface area (Å²) in [6.45, 7) is 7.33. The van der Waals surface area contributed by atoms with Crippen molar-refractivity contribution >= 4 is 17.5 Å². The van der Waals surface area contributed by atoms with Gasteiger partial charge in [-0.2, -0.15) is 0 Å². The summed E-state index contributed by atoms with van der Waals surface area (Å²) in [5.41, 5.74) is 2.37. The van der Waals surface area contributed by atoms with E-state index in [2.05, 4.69) is 54.4 Å². The molecule has 4 nitrogen and oxygen atoms in total. The zero-order chi connectivity index (χ0) is 20.8. The van der Waals surface area contributed by atoms with Crippen molar-refractivity contribution < 1.29 is 9.90 Å². The lowest BCUT2D eigenvalue weighted by molar-refractivity contribution is 0.0949. The Morgan fingerprint density at radius 2 is 1.90 bits per heavy atom. The summed E-state index contributed by atoms with van der Waals surface area (Å²) in [5.74, 6) is 0.872. The first-order valence-corrected chi connectivity index (χ1v) is 10.9. The molecule has 2 aromatic rings. The lowest BCUT2D eigenvalue weighted by atomic mass is 9.89. The van der Waals surface area contributed by atoms with Crippen LogP contribution in [-0.4, -0.2) is 35.5 Å². The van der Waals surface area contributed by atoms with Crippen LogP contribution >= 0.6 is 11.6 Å². The number of likely N-dealkylation sites (tertiary alicyclic amines) is 1. The molecular formula is C24H31ClN2O2. The first-order chi connectivity index (χ1) is 13.9. The molecule has 1 aliphatic rings. The molecule has 0 bridgehead atoms. The van der Waals surface area contributed by atoms with Crippen LogP contribution in [0.15, 0.2) is 42.5 Å². The number of amides is 1. The Hall–Kier alpha value is -2.04. The summed E-state index contributed by atoms with van der Waals surface area (Å²) >= 11 is 6.26. The number of hydrogen-bond donors (Lipinski definition) is 2. The average molecular weight is 415 g/mol. The zero-order valence-electron chi connectivity index (χ0n) is 17.3. The van der Waals surface area contributed by atoms with Gasteiger partial charge in [-0.05, 0) is 61.9 Å². The first-order valence-electron chi connectivity index (χ1n) is 10.5. The molecule has 0 radical (unpaired) electrons. The monoisotopic (exact) mass is 414 g/mol. The number of phenols is 1. The maximum atomic E-state index is 12.5. The molecule has 0 spiro atoms. The van der Waals surface area contributed by atoms with Gasteiger partial charge in [0.25, 0.3) is 5.91 Å². The number of phenolic OH excluding ortho intramolecular Hbond substituents is 1. The van der Waals surface area contributed by atoms with E-state index in [0.29, 0.717) is 35.5 Å². The summed E-state index contributed by atoms with van der Waals surface area (Å²) < 4.78 is 0. The molecule has 2 N–H and O–H groups in total. The van der Waals surface area contributed by atoms with Crippen LogP contribution in [0.5, 0.6) is 5.75 Å². The summed E-state index contributed by atoms with van der Waals surface area (Å²) in [6, 6.07) is 14.0. The van der Waals surface area contributed by atoms with E-state index in [9.17, 15) is 9.90 Å². The smallest absolute Gasteiger partial charge is 0.255 e. The lowest BCUT2D eigenvalue weighted by Crippen LogP contribution is -2.32. The minimum absolute atomic E-state index is 0.0432. The van der Waals surface area contributed by atoms with Crippen LogP contribution in [0, 0.1) is 5.92 Å². The summed E-state index contributed by atoms with van der Waals surface area (Å²) in [5, 5.41) is 14.1. The fourth-order valence-corrected chi connectivity index (χ4v) is 4.15. The molecular weight excluding hydrogens is 384 g/mol. The van der Waals surface area contributed by atoms with Crippen LogP contribution in [0.1, 0.15) is 60.5 Å². The molecule has 2 aromatic carbocycles. The molecule has 0 aliphatic carbocycles.